The predicted molar refractivity (Wildman–Crippen MR) is 79.3 cm³/mol. The van der Waals surface area contributed by atoms with Crippen molar-refractivity contribution in [3.8, 4) is 5.75 Å². The highest BCUT2D eigenvalue weighted by Crippen LogP contribution is 2.28. The Morgan fingerprint density at radius 2 is 2.20 bits per heavy atom. The molecule has 0 saturated carbocycles. The zero-order chi connectivity index (χ0) is 14.9. The average molecular weight is 383 g/mol. The molecule has 0 spiro atoms. The van der Waals surface area contributed by atoms with E-state index < -0.39 is 14.3 Å². The van der Waals surface area contributed by atoms with Crippen molar-refractivity contribution < 1.29 is 17.9 Å². The standard InChI is InChI=1S/C12H13BrClNO4S/c1-19-11-3-2-9(13)4-8(11)6-15-7-10(5-12(15)16)20(14,17)18/h2-4,10H,5-7H2,1H3. The molecule has 0 radical (unpaired) electrons. The number of hydrogen-bond donors (Lipinski definition) is 0. The maximum Gasteiger partial charge on any atom is 0.237 e. The number of amides is 1. The summed E-state index contributed by atoms with van der Waals surface area (Å²) >= 11 is 3.36. The van der Waals surface area contributed by atoms with Crippen molar-refractivity contribution in [3.63, 3.8) is 0 Å². The second-order valence-electron chi connectivity index (χ2n) is 4.53. The summed E-state index contributed by atoms with van der Waals surface area (Å²) in [6.07, 6.45) is -0.0673. The van der Waals surface area contributed by atoms with Crippen LogP contribution in [0.2, 0.25) is 0 Å². The van der Waals surface area contributed by atoms with Crippen LogP contribution < -0.4 is 4.74 Å². The van der Waals surface area contributed by atoms with E-state index in [-0.39, 0.29) is 18.9 Å². The van der Waals surface area contributed by atoms with Gasteiger partial charge >= 0.3 is 0 Å². The summed E-state index contributed by atoms with van der Waals surface area (Å²) in [7, 11) is 3.15. The van der Waals surface area contributed by atoms with Gasteiger partial charge in [-0.2, -0.15) is 0 Å². The molecule has 1 aromatic rings. The molecular weight excluding hydrogens is 370 g/mol. The van der Waals surface area contributed by atoms with Gasteiger partial charge < -0.3 is 9.64 Å². The summed E-state index contributed by atoms with van der Waals surface area (Å²) in [5, 5.41) is -0.838. The van der Waals surface area contributed by atoms with E-state index in [9.17, 15) is 13.2 Å². The van der Waals surface area contributed by atoms with Crippen LogP contribution in [0.25, 0.3) is 0 Å². The number of carbonyl (C=O) groups excluding carboxylic acids is 1. The third kappa shape index (κ3) is 3.45. The fourth-order valence-electron chi connectivity index (χ4n) is 2.15. The van der Waals surface area contributed by atoms with Crippen LogP contribution in [0.3, 0.4) is 0 Å². The Bertz CT molecular complexity index is 634. The molecule has 1 aromatic carbocycles. The number of likely N-dealkylation sites (tertiary alicyclic amines) is 1. The van der Waals surface area contributed by atoms with Crippen LogP contribution in [-0.4, -0.2) is 38.1 Å². The topological polar surface area (TPSA) is 63.7 Å². The van der Waals surface area contributed by atoms with Gasteiger partial charge in [0.15, 0.2) is 0 Å². The molecule has 0 aliphatic carbocycles. The van der Waals surface area contributed by atoms with E-state index in [0.717, 1.165) is 10.0 Å². The monoisotopic (exact) mass is 381 g/mol. The molecule has 1 heterocycles. The second-order valence-corrected chi connectivity index (χ2v) is 8.36. The highest BCUT2D eigenvalue weighted by Gasteiger charge is 2.37. The largest absolute Gasteiger partial charge is 0.496 e. The first-order chi connectivity index (χ1) is 9.31. The quantitative estimate of drug-likeness (QED) is 0.748. The van der Waals surface area contributed by atoms with Gasteiger partial charge in [0.2, 0.25) is 15.0 Å². The molecule has 0 N–H and O–H groups in total. The van der Waals surface area contributed by atoms with Gasteiger partial charge in [0, 0.05) is 40.2 Å². The minimum absolute atomic E-state index is 0.0673. The van der Waals surface area contributed by atoms with E-state index in [1.807, 2.05) is 12.1 Å². The third-order valence-corrected chi connectivity index (χ3v) is 5.54. The molecule has 0 bridgehead atoms. The number of hydrogen-bond acceptors (Lipinski definition) is 4. The van der Waals surface area contributed by atoms with E-state index in [2.05, 4.69) is 15.9 Å². The first kappa shape index (κ1) is 15.6. The lowest BCUT2D eigenvalue weighted by Gasteiger charge is -2.18. The Labute approximate surface area is 130 Å². The fourth-order valence-corrected chi connectivity index (χ4v) is 3.62. The Hall–Kier alpha value is -0.790. The van der Waals surface area contributed by atoms with Crippen molar-refractivity contribution >= 4 is 41.6 Å². The molecule has 8 heteroatoms. The van der Waals surface area contributed by atoms with Gasteiger partial charge in [-0.25, -0.2) is 8.42 Å². The van der Waals surface area contributed by atoms with Gasteiger partial charge in [0.1, 0.15) is 11.0 Å². The zero-order valence-electron chi connectivity index (χ0n) is 10.7. The summed E-state index contributed by atoms with van der Waals surface area (Å²) < 4.78 is 28.7. The molecule has 0 aromatic heterocycles. The summed E-state index contributed by atoms with van der Waals surface area (Å²) in [6, 6.07) is 5.46. The number of rotatable bonds is 4. The molecular formula is C12H13BrClNO4S. The van der Waals surface area contributed by atoms with E-state index in [1.165, 1.54) is 4.90 Å². The SMILES string of the molecule is COc1ccc(Br)cc1CN1CC(S(=O)(=O)Cl)CC1=O. The summed E-state index contributed by atoms with van der Waals surface area (Å²) in [5.74, 6) is 0.430. The molecule has 110 valence electrons. The maximum atomic E-state index is 11.9. The third-order valence-electron chi connectivity index (χ3n) is 3.18. The number of methoxy groups -OCH3 is 1. The number of nitrogens with zero attached hydrogens (tertiary/aromatic N) is 1. The number of halogens is 2. The number of ether oxygens (including phenoxy) is 1. The van der Waals surface area contributed by atoms with Crippen molar-refractivity contribution in [1.29, 1.82) is 0 Å². The highest BCUT2D eigenvalue weighted by atomic mass is 79.9. The lowest BCUT2D eigenvalue weighted by atomic mass is 10.2. The molecule has 2 rings (SSSR count). The van der Waals surface area contributed by atoms with Crippen LogP contribution in [-0.2, 0) is 20.4 Å². The summed E-state index contributed by atoms with van der Waals surface area (Å²) in [4.78, 5) is 13.4. The van der Waals surface area contributed by atoms with Crippen molar-refractivity contribution in [2.45, 2.75) is 18.2 Å². The molecule has 1 saturated heterocycles. The molecule has 1 aliphatic rings. The smallest absolute Gasteiger partial charge is 0.237 e. The normalized spacial score (nSPS) is 19.4. The van der Waals surface area contributed by atoms with Gasteiger partial charge in [0.25, 0.3) is 0 Å². The Morgan fingerprint density at radius 3 is 2.75 bits per heavy atom. The van der Waals surface area contributed by atoms with Crippen LogP contribution >= 0.6 is 26.6 Å². The summed E-state index contributed by atoms with van der Waals surface area (Å²) in [6.45, 7) is 0.407. The zero-order valence-corrected chi connectivity index (χ0v) is 13.8. The van der Waals surface area contributed by atoms with Crippen molar-refractivity contribution in [1.82, 2.24) is 4.90 Å². The van der Waals surface area contributed by atoms with E-state index in [1.54, 1.807) is 13.2 Å². The molecule has 20 heavy (non-hydrogen) atoms. The van der Waals surface area contributed by atoms with Gasteiger partial charge in [-0.15, -0.1) is 0 Å². The molecule has 5 nitrogen and oxygen atoms in total. The van der Waals surface area contributed by atoms with Gasteiger partial charge in [-0.3, -0.25) is 4.79 Å². The minimum atomic E-state index is -3.72. The van der Waals surface area contributed by atoms with Crippen molar-refractivity contribution in [2.24, 2.45) is 0 Å². The van der Waals surface area contributed by atoms with Gasteiger partial charge in [-0.05, 0) is 18.2 Å². The molecule has 1 fully saturated rings. The average Bonchev–Trinajstić information content (AvgIpc) is 2.71. The van der Waals surface area contributed by atoms with Crippen LogP contribution in [0.15, 0.2) is 22.7 Å². The Morgan fingerprint density at radius 1 is 1.50 bits per heavy atom. The maximum absolute atomic E-state index is 11.9. The van der Waals surface area contributed by atoms with Crippen molar-refractivity contribution in [2.75, 3.05) is 13.7 Å². The van der Waals surface area contributed by atoms with Gasteiger partial charge in [0.05, 0.1) is 7.11 Å². The van der Waals surface area contributed by atoms with E-state index in [0.29, 0.717) is 12.3 Å². The fraction of sp³-hybridized carbons (Fsp3) is 0.417. The van der Waals surface area contributed by atoms with Crippen molar-refractivity contribution in [3.05, 3.63) is 28.2 Å². The van der Waals surface area contributed by atoms with E-state index >= 15 is 0 Å². The lowest BCUT2D eigenvalue weighted by Crippen LogP contribution is -2.26. The second kappa shape index (κ2) is 5.91. The number of benzene rings is 1. The highest BCUT2D eigenvalue weighted by molar-refractivity contribution is 9.10. The summed E-state index contributed by atoms with van der Waals surface area (Å²) in [5.41, 5.74) is 0.808. The van der Waals surface area contributed by atoms with Gasteiger partial charge in [-0.1, -0.05) is 15.9 Å². The van der Waals surface area contributed by atoms with Crippen LogP contribution in [0, 0.1) is 0 Å². The van der Waals surface area contributed by atoms with Crippen LogP contribution in [0.1, 0.15) is 12.0 Å². The molecule has 1 atom stereocenters. The lowest BCUT2D eigenvalue weighted by molar-refractivity contribution is -0.128. The first-order valence-corrected chi connectivity index (χ1v) is 9.01. The minimum Gasteiger partial charge on any atom is -0.496 e. The molecule has 1 unspecified atom stereocenters. The number of carbonyl (C=O) groups is 1. The molecule has 1 aliphatic heterocycles. The molecule has 1 amide bonds. The van der Waals surface area contributed by atoms with Crippen LogP contribution in [0.5, 0.6) is 5.75 Å². The first-order valence-electron chi connectivity index (χ1n) is 5.85. The Balaban J connectivity index is 2.19. The predicted octanol–water partition coefficient (Wildman–Crippen LogP) is 2.13. The Kier molecular flexibility index (Phi) is 4.61. The van der Waals surface area contributed by atoms with E-state index in [4.69, 9.17) is 15.4 Å². The van der Waals surface area contributed by atoms with Crippen LogP contribution in [0.4, 0.5) is 0 Å².